The third-order valence-electron chi connectivity index (χ3n) is 0.855. The Morgan fingerprint density at radius 2 is 2.27 bits per heavy atom. The Labute approximate surface area is 65.7 Å². The van der Waals surface area contributed by atoms with Crippen LogP contribution >= 0.6 is 0 Å². The van der Waals surface area contributed by atoms with E-state index in [2.05, 4.69) is 21.9 Å². The van der Waals surface area contributed by atoms with Gasteiger partial charge in [0.2, 0.25) is 6.41 Å². The molecule has 0 saturated heterocycles. The van der Waals surface area contributed by atoms with Gasteiger partial charge in [0.05, 0.1) is 6.21 Å². The largest absolute Gasteiger partial charge is 0.312 e. The van der Waals surface area contributed by atoms with Gasteiger partial charge < -0.3 is 5.32 Å². The number of carbonyl (C=O) groups excluding carboxylic acids is 1. The van der Waals surface area contributed by atoms with Crippen LogP contribution in [-0.2, 0) is 4.79 Å². The summed E-state index contributed by atoms with van der Waals surface area (Å²) in [5.74, 6) is 0.419. The molecule has 0 saturated carbocycles. The molecular weight excluding hydrogens is 142 g/mol. The molecule has 4 heteroatoms. The zero-order chi connectivity index (χ0) is 8.69. The van der Waals surface area contributed by atoms with Gasteiger partial charge in [-0.15, -0.1) is 0 Å². The van der Waals surface area contributed by atoms with Crippen molar-refractivity contribution >= 4 is 18.5 Å². The third-order valence-corrected chi connectivity index (χ3v) is 0.855. The predicted octanol–water partition coefficient (Wildman–Crippen LogP) is 0.365. The molecule has 0 bridgehead atoms. The Hall–Kier alpha value is -1.45. The molecule has 0 aromatic rings. The lowest BCUT2D eigenvalue weighted by Gasteiger charge is -1.93. The van der Waals surface area contributed by atoms with E-state index in [-0.39, 0.29) is 0 Å². The lowest BCUT2D eigenvalue weighted by molar-refractivity contribution is -0.108. The van der Waals surface area contributed by atoms with E-state index in [0.717, 1.165) is 0 Å². The second-order valence-corrected chi connectivity index (χ2v) is 1.86. The van der Waals surface area contributed by atoms with Gasteiger partial charge in [-0.2, -0.15) is 0 Å². The summed E-state index contributed by atoms with van der Waals surface area (Å²) in [5.41, 5.74) is 0.666. The van der Waals surface area contributed by atoms with Crippen LogP contribution in [0.15, 0.2) is 22.3 Å². The molecular formula is C7H11N3O. The number of amides is 1. The van der Waals surface area contributed by atoms with Gasteiger partial charge in [-0.05, 0) is 6.92 Å². The van der Waals surface area contributed by atoms with Gasteiger partial charge >= 0.3 is 0 Å². The van der Waals surface area contributed by atoms with Crippen LogP contribution in [-0.4, -0.2) is 25.5 Å². The van der Waals surface area contributed by atoms with E-state index in [1.54, 1.807) is 14.0 Å². The molecule has 1 amide bonds. The number of amidine groups is 1. The Kier molecular flexibility index (Phi) is 4.64. The number of aliphatic imine (C=N–C) groups is 2. The minimum atomic E-state index is 0.419. The van der Waals surface area contributed by atoms with E-state index in [1.165, 1.54) is 6.21 Å². The fourth-order valence-electron chi connectivity index (χ4n) is 0.391. The Bertz CT molecular complexity index is 206. The van der Waals surface area contributed by atoms with E-state index < -0.39 is 0 Å². The Morgan fingerprint density at radius 3 is 2.64 bits per heavy atom. The summed E-state index contributed by atoms with van der Waals surface area (Å²) in [6.45, 7) is 5.31. The number of hydrogen-bond donors (Lipinski definition) is 1. The molecule has 0 heterocycles. The van der Waals surface area contributed by atoms with Gasteiger partial charge in [-0.1, -0.05) is 6.58 Å². The minimum absolute atomic E-state index is 0.419. The fourth-order valence-corrected chi connectivity index (χ4v) is 0.391. The molecule has 0 rings (SSSR count). The maximum atomic E-state index is 9.94. The highest BCUT2D eigenvalue weighted by Gasteiger charge is 1.87. The van der Waals surface area contributed by atoms with Crippen LogP contribution in [0.4, 0.5) is 0 Å². The average Bonchev–Trinajstić information content (AvgIpc) is 1.97. The molecule has 4 nitrogen and oxygen atoms in total. The fraction of sp³-hybridized carbons (Fsp3) is 0.286. The van der Waals surface area contributed by atoms with Crippen LogP contribution in [0.1, 0.15) is 6.92 Å². The van der Waals surface area contributed by atoms with E-state index in [0.29, 0.717) is 17.9 Å². The minimum Gasteiger partial charge on any atom is -0.312 e. The molecule has 0 unspecified atom stereocenters. The molecule has 1 N–H and O–H groups in total. The Balaban J connectivity index is 4.08. The lowest BCUT2D eigenvalue weighted by atomic mass is 10.5. The summed E-state index contributed by atoms with van der Waals surface area (Å²) in [4.78, 5) is 17.5. The highest BCUT2D eigenvalue weighted by molar-refractivity contribution is 6.31. The zero-order valence-electron chi connectivity index (χ0n) is 6.66. The van der Waals surface area contributed by atoms with Crippen molar-refractivity contribution in [2.24, 2.45) is 9.98 Å². The average molecular weight is 153 g/mol. The molecule has 0 atom stereocenters. The van der Waals surface area contributed by atoms with Crippen molar-refractivity contribution < 1.29 is 4.79 Å². The van der Waals surface area contributed by atoms with Gasteiger partial charge in [0, 0.05) is 12.7 Å². The standard InChI is InChI=1S/C7H11N3O/c1-6(2)9-4-7(8-3)10-5-11/h4-5H,1H2,2-3H3,(H,8,10,11). The number of nitrogens with one attached hydrogen (secondary N) is 1. The quantitative estimate of drug-likeness (QED) is 0.355. The van der Waals surface area contributed by atoms with Gasteiger partial charge in [0.15, 0.2) is 0 Å². The SMILES string of the molecule is C=C(C)N=CC(=NC)NC=O. The Morgan fingerprint density at radius 1 is 1.64 bits per heavy atom. The number of carbonyl (C=O) groups is 1. The summed E-state index contributed by atoms with van der Waals surface area (Å²) in [6.07, 6.45) is 1.99. The lowest BCUT2D eigenvalue weighted by Crippen LogP contribution is -2.22. The van der Waals surface area contributed by atoms with Crippen LogP contribution in [0.5, 0.6) is 0 Å². The molecule has 0 aromatic carbocycles. The normalized spacial score (nSPS) is 11.6. The van der Waals surface area contributed by atoms with E-state index >= 15 is 0 Å². The van der Waals surface area contributed by atoms with Gasteiger partial charge in [0.1, 0.15) is 5.84 Å². The topological polar surface area (TPSA) is 53.8 Å². The van der Waals surface area contributed by atoms with Crippen LogP contribution in [0.25, 0.3) is 0 Å². The van der Waals surface area contributed by atoms with Crippen molar-refractivity contribution in [2.45, 2.75) is 6.92 Å². The van der Waals surface area contributed by atoms with Crippen LogP contribution in [0, 0.1) is 0 Å². The van der Waals surface area contributed by atoms with Crippen molar-refractivity contribution in [1.29, 1.82) is 0 Å². The molecule has 0 fully saturated rings. The maximum Gasteiger partial charge on any atom is 0.212 e. The van der Waals surface area contributed by atoms with Crippen LogP contribution in [0.3, 0.4) is 0 Å². The summed E-state index contributed by atoms with van der Waals surface area (Å²) in [7, 11) is 1.57. The number of rotatable bonds is 3. The first kappa shape index (κ1) is 9.55. The second kappa shape index (κ2) is 5.34. The van der Waals surface area contributed by atoms with Gasteiger partial charge in [-0.25, -0.2) is 0 Å². The van der Waals surface area contributed by atoms with Crippen LogP contribution in [0.2, 0.25) is 0 Å². The smallest absolute Gasteiger partial charge is 0.212 e. The summed E-state index contributed by atoms with van der Waals surface area (Å²) in [6, 6.07) is 0. The first-order valence-corrected chi connectivity index (χ1v) is 3.07. The predicted molar refractivity (Wildman–Crippen MR) is 45.9 cm³/mol. The van der Waals surface area contributed by atoms with Crippen molar-refractivity contribution in [3.8, 4) is 0 Å². The van der Waals surface area contributed by atoms with Gasteiger partial charge in [0.25, 0.3) is 0 Å². The molecule has 0 aliphatic rings. The van der Waals surface area contributed by atoms with E-state index in [4.69, 9.17) is 0 Å². The zero-order valence-corrected chi connectivity index (χ0v) is 6.66. The van der Waals surface area contributed by atoms with Crippen molar-refractivity contribution in [1.82, 2.24) is 5.32 Å². The summed E-state index contributed by atoms with van der Waals surface area (Å²) >= 11 is 0. The molecule has 60 valence electrons. The monoisotopic (exact) mass is 153 g/mol. The van der Waals surface area contributed by atoms with Crippen molar-refractivity contribution in [3.05, 3.63) is 12.3 Å². The van der Waals surface area contributed by atoms with Gasteiger partial charge in [-0.3, -0.25) is 14.8 Å². The first-order chi connectivity index (χ1) is 5.20. The van der Waals surface area contributed by atoms with Crippen molar-refractivity contribution in [2.75, 3.05) is 7.05 Å². The van der Waals surface area contributed by atoms with Crippen molar-refractivity contribution in [3.63, 3.8) is 0 Å². The molecule has 11 heavy (non-hydrogen) atoms. The number of allylic oxidation sites excluding steroid dienone is 1. The van der Waals surface area contributed by atoms with Crippen LogP contribution < -0.4 is 5.32 Å². The maximum absolute atomic E-state index is 9.94. The molecule has 0 aliphatic carbocycles. The third kappa shape index (κ3) is 5.02. The summed E-state index contributed by atoms with van der Waals surface area (Å²) in [5, 5.41) is 2.37. The van der Waals surface area contributed by atoms with E-state index in [9.17, 15) is 4.79 Å². The first-order valence-electron chi connectivity index (χ1n) is 3.07. The molecule has 0 spiro atoms. The molecule has 0 radical (unpaired) electrons. The van der Waals surface area contributed by atoms with E-state index in [1.807, 2.05) is 0 Å². The highest BCUT2D eigenvalue weighted by atomic mass is 16.1. The second-order valence-electron chi connectivity index (χ2n) is 1.86. The highest BCUT2D eigenvalue weighted by Crippen LogP contribution is 1.84. The number of nitrogens with zero attached hydrogens (tertiary/aromatic N) is 2. The molecule has 0 aliphatic heterocycles. The molecule has 0 aromatic heterocycles. The summed E-state index contributed by atoms with van der Waals surface area (Å²) < 4.78 is 0. The number of hydrogen-bond acceptors (Lipinski definition) is 3.